The zero-order chi connectivity index (χ0) is 14.8. The van der Waals surface area contributed by atoms with Crippen molar-refractivity contribution in [3.05, 3.63) is 64.2 Å². The Morgan fingerprint density at radius 2 is 2.19 bits per heavy atom. The third-order valence-electron chi connectivity index (χ3n) is 3.21. The number of hydrogen-bond acceptors (Lipinski definition) is 4. The number of hydrogen-bond donors (Lipinski definition) is 0. The van der Waals surface area contributed by atoms with Crippen LogP contribution in [0, 0.1) is 11.3 Å². The van der Waals surface area contributed by atoms with Crippen LogP contribution in [-0.4, -0.2) is 21.3 Å². The quantitative estimate of drug-likeness (QED) is 0.727. The molecule has 0 atom stereocenters. The van der Waals surface area contributed by atoms with Crippen molar-refractivity contribution >= 4 is 5.65 Å². The summed E-state index contributed by atoms with van der Waals surface area (Å²) in [6.07, 6.45) is 1.68. The van der Waals surface area contributed by atoms with E-state index in [1.807, 2.05) is 6.07 Å². The fourth-order valence-corrected chi connectivity index (χ4v) is 2.17. The molecule has 2 aromatic heterocycles. The lowest BCUT2D eigenvalue weighted by molar-refractivity contribution is 0.412. The van der Waals surface area contributed by atoms with Gasteiger partial charge in [-0.25, -0.2) is 9.48 Å². The number of rotatable bonds is 3. The van der Waals surface area contributed by atoms with Crippen molar-refractivity contribution in [1.29, 1.82) is 5.26 Å². The molecule has 21 heavy (non-hydrogen) atoms. The second-order valence-corrected chi connectivity index (χ2v) is 4.52. The monoisotopic (exact) mass is 280 g/mol. The highest BCUT2D eigenvalue weighted by molar-refractivity contribution is 5.45. The molecule has 3 rings (SSSR count). The molecule has 6 nitrogen and oxygen atoms in total. The molecule has 6 heteroatoms. The number of fused-ring (bicyclic) bond motifs is 1. The molecule has 2 heterocycles. The first-order chi connectivity index (χ1) is 10.2. The average Bonchev–Trinajstić information content (AvgIpc) is 2.84. The molecular weight excluding hydrogens is 268 g/mol. The van der Waals surface area contributed by atoms with Crippen molar-refractivity contribution < 1.29 is 4.74 Å². The van der Waals surface area contributed by atoms with Gasteiger partial charge < -0.3 is 4.74 Å². The minimum Gasteiger partial charge on any atom is -0.495 e. The summed E-state index contributed by atoms with van der Waals surface area (Å²) in [5, 5.41) is 13.2. The SMILES string of the molecule is COc1cc(Cn2nc3ccccn3c2=O)ccc1C#N. The van der Waals surface area contributed by atoms with E-state index in [4.69, 9.17) is 10.00 Å². The summed E-state index contributed by atoms with van der Waals surface area (Å²) >= 11 is 0. The molecule has 0 amide bonds. The van der Waals surface area contributed by atoms with E-state index in [0.29, 0.717) is 23.5 Å². The van der Waals surface area contributed by atoms with Gasteiger partial charge in [-0.2, -0.15) is 5.26 Å². The van der Waals surface area contributed by atoms with Gasteiger partial charge in [0.2, 0.25) is 0 Å². The Hall–Kier alpha value is -3.07. The molecule has 104 valence electrons. The van der Waals surface area contributed by atoms with Gasteiger partial charge in [-0.1, -0.05) is 12.1 Å². The largest absolute Gasteiger partial charge is 0.495 e. The fraction of sp³-hybridized carbons (Fsp3) is 0.133. The highest BCUT2D eigenvalue weighted by atomic mass is 16.5. The van der Waals surface area contributed by atoms with E-state index in [1.165, 1.54) is 16.2 Å². The highest BCUT2D eigenvalue weighted by Crippen LogP contribution is 2.19. The molecule has 0 radical (unpaired) electrons. The molecule has 0 saturated carbocycles. The molecule has 1 aromatic carbocycles. The summed E-state index contributed by atoms with van der Waals surface area (Å²) in [6.45, 7) is 0.322. The average molecular weight is 280 g/mol. The van der Waals surface area contributed by atoms with Crippen LogP contribution in [0.1, 0.15) is 11.1 Å². The summed E-state index contributed by atoms with van der Waals surface area (Å²) in [5.74, 6) is 0.492. The summed E-state index contributed by atoms with van der Waals surface area (Å²) in [5.41, 5.74) is 1.71. The fourth-order valence-electron chi connectivity index (χ4n) is 2.17. The maximum atomic E-state index is 12.2. The number of aromatic nitrogens is 3. The minimum atomic E-state index is -0.200. The maximum Gasteiger partial charge on any atom is 0.350 e. The van der Waals surface area contributed by atoms with Crippen molar-refractivity contribution in [3.8, 4) is 11.8 Å². The lowest BCUT2D eigenvalue weighted by Crippen LogP contribution is -2.21. The summed E-state index contributed by atoms with van der Waals surface area (Å²) < 4.78 is 8.04. The van der Waals surface area contributed by atoms with Crippen LogP contribution >= 0.6 is 0 Å². The molecule has 0 N–H and O–H groups in total. The van der Waals surface area contributed by atoms with Crippen molar-refractivity contribution in [2.45, 2.75) is 6.54 Å². The predicted octanol–water partition coefficient (Wildman–Crippen LogP) is 1.42. The van der Waals surface area contributed by atoms with Gasteiger partial charge in [0.25, 0.3) is 0 Å². The summed E-state index contributed by atoms with van der Waals surface area (Å²) in [6, 6.07) is 12.7. The number of nitrogens with zero attached hydrogens (tertiary/aromatic N) is 4. The number of ether oxygens (including phenoxy) is 1. The van der Waals surface area contributed by atoms with Crippen LogP contribution in [0.15, 0.2) is 47.4 Å². The minimum absolute atomic E-state index is 0.200. The lowest BCUT2D eigenvalue weighted by atomic mass is 10.1. The molecule has 0 saturated heterocycles. The second-order valence-electron chi connectivity index (χ2n) is 4.52. The van der Waals surface area contributed by atoms with E-state index in [0.717, 1.165) is 5.56 Å². The van der Waals surface area contributed by atoms with Gasteiger partial charge in [-0.05, 0) is 29.8 Å². The molecular formula is C15H12N4O2. The van der Waals surface area contributed by atoms with Crippen molar-refractivity contribution in [1.82, 2.24) is 14.2 Å². The van der Waals surface area contributed by atoms with E-state index in [1.54, 1.807) is 36.5 Å². The van der Waals surface area contributed by atoms with E-state index < -0.39 is 0 Å². The van der Waals surface area contributed by atoms with Crippen LogP contribution in [0.25, 0.3) is 5.65 Å². The first-order valence-corrected chi connectivity index (χ1v) is 6.34. The lowest BCUT2D eigenvalue weighted by Gasteiger charge is -2.05. The van der Waals surface area contributed by atoms with Gasteiger partial charge in [-0.3, -0.25) is 4.40 Å². The third-order valence-corrected chi connectivity index (χ3v) is 3.21. The molecule has 0 aliphatic heterocycles. The smallest absolute Gasteiger partial charge is 0.350 e. The van der Waals surface area contributed by atoms with E-state index in [-0.39, 0.29) is 5.69 Å². The first kappa shape index (κ1) is 12.9. The third kappa shape index (κ3) is 2.25. The van der Waals surface area contributed by atoms with Crippen LogP contribution < -0.4 is 10.4 Å². The molecule has 0 spiro atoms. The Morgan fingerprint density at radius 3 is 2.90 bits per heavy atom. The molecule has 0 bridgehead atoms. The van der Waals surface area contributed by atoms with E-state index in [9.17, 15) is 4.79 Å². The number of nitriles is 1. The van der Waals surface area contributed by atoms with Gasteiger partial charge in [0.1, 0.15) is 11.8 Å². The molecule has 0 unspecified atom stereocenters. The van der Waals surface area contributed by atoms with Crippen LogP contribution in [0.2, 0.25) is 0 Å². The maximum absolute atomic E-state index is 12.2. The predicted molar refractivity (Wildman–Crippen MR) is 76.3 cm³/mol. The number of benzene rings is 1. The molecule has 3 aromatic rings. The van der Waals surface area contributed by atoms with Crippen molar-refractivity contribution in [2.75, 3.05) is 7.11 Å². The van der Waals surface area contributed by atoms with Crippen molar-refractivity contribution in [2.24, 2.45) is 0 Å². The molecule has 0 fully saturated rings. The van der Waals surface area contributed by atoms with E-state index in [2.05, 4.69) is 11.2 Å². The topological polar surface area (TPSA) is 72.3 Å². The van der Waals surface area contributed by atoms with Crippen molar-refractivity contribution in [3.63, 3.8) is 0 Å². The molecule has 0 aliphatic rings. The van der Waals surface area contributed by atoms with Gasteiger partial charge in [0.05, 0.1) is 19.2 Å². The van der Waals surface area contributed by atoms with Crippen LogP contribution in [0.4, 0.5) is 0 Å². The Bertz CT molecular complexity index is 902. The van der Waals surface area contributed by atoms with Gasteiger partial charge in [0, 0.05) is 6.20 Å². The van der Waals surface area contributed by atoms with Crippen LogP contribution in [0.5, 0.6) is 5.75 Å². The zero-order valence-corrected chi connectivity index (χ0v) is 11.4. The number of methoxy groups -OCH3 is 1. The Kier molecular flexibility index (Phi) is 3.16. The normalized spacial score (nSPS) is 10.5. The van der Waals surface area contributed by atoms with Gasteiger partial charge in [0.15, 0.2) is 5.65 Å². The zero-order valence-electron chi connectivity index (χ0n) is 11.4. The standard InChI is InChI=1S/C15H12N4O2/c1-21-13-8-11(5-6-12(13)9-16)10-19-15(20)18-7-3-2-4-14(18)17-19/h2-8H,10H2,1H3. The summed E-state index contributed by atoms with van der Waals surface area (Å²) in [4.78, 5) is 12.2. The van der Waals surface area contributed by atoms with Gasteiger partial charge >= 0.3 is 5.69 Å². The summed E-state index contributed by atoms with van der Waals surface area (Å²) in [7, 11) is 1.51. The van der Waals surface area contributed by atoms with E-state index >= 15 is 0 Å². The van der Waals surface area contributed by atoms with Gasteiger partial charge in [-0.15, -0.1) is 5.10 Å². The Labute approximate surface area is 120 Å². The first-order valence-electron chi connectivity index (χ1n) is 6.34. The van der Waals surface area contributed by atoms with Crippen LogP contribution in [0.3, 0.4) is 0 Å². The Balaban J connectivity index is 2.01. The Morgan fingerprint density at radius 1 is 1.33 bits per heavy atom. The highest BCUT2D eigenvalue weighted by Gasteiger charge is 2.08. The molecule has 0 aliphatic carbocycles. The van der Waals surface area contributed by atoms with Crippen LogP contribution in [-0.2, 0) is 6.54 Å². The second kappa shape index (κ2) is 5.13. The number of pyridine rings is 1.